The van der Waals surface area contributed by atoms with Gasteiger partial charge in [0.1, 0.15) is 0 Å². The van der Waals surface area contributed by atoms with Gasteiger partial charge in [0.15, 0.2) is 26.2 Å². The highest BCUT2D eigenvalue weighted by Gasteiger charge is 2.46. The molecule has 0 aromatic carbocycles. The summed E-state index contributed by atoms with van der Waals surface area (Å²) in [5, 5.41) is 0. The summed E-state index contributed by atoms with van der Waals surface area (Å²) in [5.41, 5.74) is 0. The van der Waals surface area contributed by atoms with Crippen molar-refractivity contribution in [2.75, 3.05) is 0 Å². The Morgan fingerprint density at radius 1 is 1.00 bits per heavy atom. The Balaban J connectivity index is 2.98. The van der Waals surface area contributed by atoms with Crippen molar-refractivity contribution in [1.29, 1.82) is 0 Å². The quantitative estimate of drug-likeness (QED) is 0.605. The van der Waals surface area contributed by atoms with Gasteiger partial charge in [0.05, 0.1) is 19.4 Å². The monoisotopic (exact) mass is 309 g/mol. The molecule has 0 spiro atoms. The lowest BCUT2D eigenvalue weighted by molar-refractivity contribution is 0.802. The van der Waals surface area contributed by atoms with Gasteiger partial charge in [-0.3, -0.25) is 0 Å². The van der Waals surface area contributed by atoms with E-state index >= 15 is 0 Å². The third kappa shape index (κ3) is 2.55. The molecule has 1 aliphatic heterocycles. The van der Waals surface area contributed by atoms with E-state index in [1.54, 1.807) is 0 Å². The van der Waals surface area contributed by atoms with Crippen LogP contribution in [-0.4, -0.2) is 62.3 Å². The molecule has 0 aliphatic carbocycles. The van der Waals surface area contributed by atoms with Gasteiger partial charge in [0, 0.05) is 9.04 Å². The summed E-state index contributed by atoms with van der Waals surface area (Å²) in [7, 11) is -2.03. The van der Waals surface area contributed by atoms with Crippen molar-refractivity contribution in [3.63, 3.8) is 0 Å². The maximum Gasteiger partial charge on any atom is 0.165 e. The highest BCUT2D eigenvalue weighted by Crippen LogP contribution is 2.19. The molecule has 1 aliphatic rings. The van der Waals surface area contributed by atoms with E-state index in [1.807, 2.05) is 0 Å². The first-order valence-corrected chi connectivity index (χ1v) is 21.0. The van der Waals surface area contributed by atoms with E-state index in [9.17, 15) is 0 Å². The molecule has 1 heterocycles. The lowest BCUT2D eigenvalue weighted by Crippen LogP contribution is -2.84. The maximum atomic E-state index is 4.03. The Bertz CT molecular complexity index is 201. The molecule has 1 saturated heterocycles. The van der Waals surface area contributed by atoms with Crippen LogP contribution in [0.15, 0.2) is 0 Å². The van der Waals surface area contributed by atoms with Crippen LogP contribution in [-0.2, 0) is 0 Å². The first-order valence-electron chi connectivity index (χ1n) is 6.30. The summed E-state index contributed by atoms with van der Waals surface area (Å²) in [4.78, 5) is 0. The Labute approximate surface area is 106 Å². The molecule has 3 nitrogen and oxygen atoms in total. The molecule has 0 aromatic heterocycles. The van der Waals surface area contributed by atoms with Gasteiger partial charge in [-0.15, -0.1) is 0 Å². The SMILES string of the molecule is C[SiH2]N1[SiH](C)N[SiH](C)N([SiH2]C)[Si]1(C)[SiH2]C. The summed E-state index contributed by atoms with van der Waals surface area (Å²) in [6.45, 7) is 15.4. The van der Waals surface area contributed by atoms with Gasteiger partial charge in [-0.25, -0.2) is 0 Å². The fourth-order valence-corrected chi connectivity index (χ4v) is 50.9. The van der Waals surface area contributed by atoms with Crippen LogP contribution in [0.5, 0.6) is 0 Å². The van der Waals surface area contributed by atoms with Crippen molar-refractivity contribution < 1.29 is 0 Å². The molecule has 90 valence electrons. The van der Waals surface area contributed by atoms with E-state index in [1.165, 1.54) is 0 Å². The van der Waals surface area contributed by atoms with Crippen LogP contribution >= 0.6 is 0 Å². The zero-order valence-electron chi connectivity index (χ0n) is 11.2. The lowest BCUT2D eigenvalue weighted by Gasteiger charge is -2.56. The average Bonchev–Trinajstić information content (AvgIpc) is 2.18. The number of hydrogen-bond donors (Lipinski definition) is 1. The number of rotatable bonds is 3. The van der Waals surface area contributed by atoms with Gasteiger partial charge >= 0.3 is 0 Å². The first kappa shape index (κ1) is 14.2. The highest BCUT2D eigenvalue weighted by atomic mass is 29.2. The minimum absolute atomic E-state index is 0.0736. The van der Waals surface area contributed by atoms with E-state index in [0.717, 1.165) is 0 Å². The molecule has 2 atom stereocenters. The summed E-state index contributed by atoms with van der Waals surface area (Å²) in [6, 6.07) is 0. The Morgan fingerprint density at radius 3 is 1.67 bits per heavy atom. The zero-order valence-corrected chi connectivity index (χ0v) is 18.7. The highest BCUT2D eigenvalue weighted by molar-refractivity contribution is 7.29. The molecule has 1 rings (SSSR count). The molecule has 0 aromatic rings. The van der Waals surface area contributed by atoms with Crippen molar-refractivity contribution in [1.82, 2.24) is 12.4 Å². The average molecular weight is 310 g/mol. The van der Waals surface area contributed by atoms with E-state index in [4.69, 9.17) is 0 Å². The third-order valence-corrected chi connectivity index (χ3v) is 43.4. The molecule has 1 fully saturated rings. The fraction of sp³-hybridized carbons (Fsp3) is 1.00. The van der Waals surface area contributed by atoms with Crippen molar-refractivity contribution in [3.8, 4) is 0 Å². The number of nitrogens with one attached hydrogen (secondary N) is 1. The molecule has 0 amide bonds. The minimum Gasteiger partial charge on any atom is -0.355 e. The number of nitrogens with zero attached hydrogens (tertiary/aromatic N) is 2. The summed E-state index contributed by atoms with van der Waals surface area (Å²) in [5.74, 6) is 0. The molecular weight excluding hydrogens is 283 g/mol. The van der Waals surface area contributed by atoms with Crippen molar-refractivity contribution >= 4 is 54.6 Å². The maximum absolute atomic E-state index is 4.03. The molecule has 0 bridgehead atoms. The molecule has 1 N–H and O–H groups in total. The predicted octanol–water partition coefficient (Wildman–Crippen LogP) is -2.06. The van der Waals surface area contributed by atoms with Gasteiger partial charge in [-0.1, -0.05) is 19.6 Å². The van der Waals surface area contributed by atoms with Crippen molar-refractivity contribution in [2.24, 2.45) is 0 Å². The standard InChI is InChI=1S/C6H27N3Si6/c1-10-8-13(4)7-14(5)9(11-2)15(8,6)12-3/h7,13-14H,10-12H2,1-6H3. The molecular formula is C6H27N3Si6. The summed E-state index contributed by atoms with van der Waals surface area (Å²) >= 11 is 0. The first-order chi connectivity index (χ1) is 7.01. The van der Waals surface area contributed by atoms with Gasteiger partial charge in [0.25, 0.3) is 0 Å². The Morgan fingerprint density at radius 2 is 1.40 bits per heavy atom. The summed E-state index contributed by atoms with van der Waals surface area (Å²) < 4.78 is 10.2. The minimum atomic E-state index is -1.01. The Kier molecular flexibility index (Phi) is 5.39. The van der Waals surface area contributed by atoms with Crippen LogP contribution in [0.1, 0.15) is 0 Å². The van der Waals surface area contributed by atoms with Crippen LogP contribution in [0.3, 0.4) is 0 Å². The van der Waals surface area contributed by atoms with Crippen LogP contribution in [0.4, 0.5) is 0 Å². The second kappa shape index (κ2) is 5.68. The second-order valence-corrected chi connectivity index (χ2v) is 26.8. The van der Waals surface area contributed by atoms with Gasteiger partial charge in [0.2, 0.25) is 0 Å². The third-order valence-electron chi connectivity index (χ3n) is 4.01. The molecule has 15 heavy (non-hydrogen) atoms. The Hall–Kier alpha value is 1.18. The van der Waals surface area contributed by atoms with Gasteiger partial charge < -0.3 is 12.4 Å². The van der Waals surface area contributed by atoms with Crippen molar-refractivity contribution in [3.05, 3.63) is 0 Å². The molecule has 0 saturated carbocycles. The van der Waals surface area contributed by atoms with Crippen LogP contribution in [0.25, 0.3) is 0 Å². The fourth-order valence-electron chi connectivity index (χ4n) is 3.16. The predicted molar refractivity (Wildman–Crippen MR) is 87.7 cm³/mol. The second-order valence-electron chi connectivity index (χ2n) is 4.66. The van der Waals surface area contributed by atoms with Gasteiger partial charge in [-0.2, -0.15) is 0 Å². The van der Waals surface area contributed by atoms with E-state index in [-0.39, 0.29) is 28.4 Å². The number of hydrogen-bond acceptors (Lipinski definition) is 3. The smallest absolute Gasteiger partial charge is 0.165 e. The van der Waals surface area contributed by atoms with Crippen LogP contribution < -0.4 is 4.65 Å². The summed E-state index contributed by atoms with van der Waals surface area (Å²) in [6.07, 6.45) is 0. The zero-order chi connectivity index (χ0) is 11.6. The van der Waals surface area contributed by atoms with E-state index < -0.39 is 26.2 Å². The molecule has 9 heteroatoms. The van der Waals surface area contributed by atoms with Gasteiger partial charge in [-0.05, 0) is 19.6 Å². The normalized spacial score (nSPS) is 42.0. The van der Waals surface area contributed by atoms with E-state index in [0.29, 0.717) is 0 Å². The largest absolute Gasteiger partial charge is 0.355 e. The van der Waals surface area contributed by atoms with Crippen molar-refractivity contribution in [2.45, 2.75) is 39.3 Å². The molecule has 0 radical (unpaired) electrons. The topological polar surface area (TPSA) is 18.5 Å². The van der Waals surface area contributed by atoms with E-state index in [2.05, 4.69) is 51.7 Å². The lowest BCUT2D eigenvalue weighted by atomic mass is 11.9. The molecule has 2 unspecified atom stereocenters. The van der Waals surface area contributed by atoms with Crippen LogP contribution in [0, 0.1) is 0 Å². The van der Waals surface area contributed by atoms with Crippen LogP contribution in [0.2, 0.25) is 39.3 Å².